The summed E-state index contributed by atoms with van der Waals surface area (Å²) in [5.41, 5.74) is 1.13. The molecule has 0 aliphatic rings. The normalized spacial score (nSPS) is 11.0. The van der Waals surface area contributed by atoms with E-state index in [4.69, 9.17) is 4.74 Å². The summed E-state index contributed by atoms with van der Waals surface area (Å²) in [6.45, 7) is 4.54. The van der Waals surface area contributed by atoms with Crippen molar-refractivity contribution in [2.45, 2.75) is 117 Å². The van der Waals surface area contributed by atoms with E-state index in [1.807, 2.05) is 6.92 Å². The Kier molecular flexibility index (Phi) is 15.1. The highest BCUT2D eigenvalue weighted by Gasteiger charge is 2.21. The highest BCUT2D eigenvalue weighted by atomic mass is 16.6. The Labute approximate surface area is 228 Å². The molecule has 0 spiro atoms. The minimum Gasteiger partial charge on any atom is -0.493 e. The Morgan fingerprint density at radius 3 is 1.74 bits per heavy atom. The number of benzene rings is 2. The van der Waals surface area contributed by atoms with E-state index in [1.54, 1.807) is 12.1 Å². The SMILES string of the molecule is CCCCCCCCCCCCCCCCCCOc1c[c]c([N+](=O)[O-])cc1-c1cc(C)ccc1[N+](=O)[O-]. The molecule has 0 atom stereocenters. The number of hydrogen-bond acceptors (Lipinski definition) is 5. The Morgan fingerprint density at radius 1 is 0.711 bits per heavy atom. The first-order chi connectivity index (χ1) is 18.4. The molecule has 0 fully saturated rings. The van der Waals surface area contributed by atoms with Gasteiger partial charge in [0.25, 0.3) is 11.4 Å². The number of nitro groups is 2. The van der Waals surface area contributed by atoms with Crippen molar-refractivity contribution < 1.29 is 14.6 Å². The highest BCUT2D eigenvalue weighted by molar-refractivity contribution is 5.80. The van der Waals surface area contributed by atoms with Gasteiger partial charge in [-0.25, -0.2) is 0 Å². The Hall–Kier alpha value is -2.96. The van der Waals surface area contributed by atoms with E-state index in [1.165, 1.54) is 102 Å². The Balaban J connectivity index is 1.68. The summed E-state index contributed by atoms with van der Waals surface area (Å²) in [5.74, 6) is 0.380. The molecule has 0 aliphatic heterocycles. The van der Waals surface area contributed by atoms with Gasteiger partial charge in [-0.2, -0.15) is 0 Å². The monoisotopic (exact) mass is 525 g/mol. The van der Waals surface area contributed by atoms with Crippen molar-refractivity contribution in [1.29, 1.82) is 0 Å². The van der Waals surface area contributed by atoms with Gasteiger partial charge in [-0.1, -0.05) is 115 Å². The van der Waals surface area contributed by atoms with Crippen molar-refractivity contribution in [3.05, 3.63) is 62.2 Å². The average Bonchev–Trinajstić information content (AvgIpc) is 2.90. The van der Waals surface area contributed by atoms with E-state index < -0.39 is 9.85 Å². The van der Waals surface area contributed by atoms with Gasteiger partial charge in [-0.15, -0.1) is 0 Å². The molecule has 0 aliphatic carbocycles. The maximum Gasteiger partial charge on any atom is 0.278 e. The lowest BCUT2D eigenvalue weighted by Gasteiger charge is -2.12. The number of aryl methyl sites for hydroxylation is 1. The van der Waals surface area contributed by atoms with Crippen LogP contribution in [0.15, 0.2) is 30.3 Å². The molecule has 7 nitrogen and oxygen atoms in total. The maximum atomic E-state index is 11.6. The fraction of sp³-hybridized carbons (Fsp3) is 0.613. The van der Waals surface area contributed by atoms with Crippen LogP contribution in [-0.4, -0.2) is 16.5 Å². The molecule has 38 heavy (non-hydrogen) atoms. The first-order valence-electron chi connectivity index (χ1n) is 14.5. The van der Waals surface area contributed by atoms with Crippen LogP contribution in [0.4, 0.5) is 11.4 Å². The summed E-state index contributed by atoms with van der Waals surface area (Å²) in [6, 6.07) is 10.1. The molecule has 0 bridgehead atoms. The minimum absolute atomic E-state index is 0.108. The van der Waals surface area contributed by atoms with Crippen molar-refractivity contribution >= 4 is 11.4 Å². The fourth-order valence-electron chi connectivity index (χ4n) is 4.76. The predicted octanol–water partition coefficient (Wildman–Crippen LogP) is 9.92. The van der Waals surface area contributed by atoms with Gasteiger partial charge in [-0.3, -0.25) is 20.2 Å². The average molecular weight is 526 g/mol. The topological polar surface area (TPSA) is 95.5 Å². The first kappa shape index (κ1) is 31.3. The van der Waals surface area contributed by atoms with Gasteiger partial charge >= 0.3 is 0 Å². The highest BCUT2D eigenvalue weighted by Crippen LogP contribution is 2.39. The van der Waals surface area contributed by atoms with E-state index >= 15 is 0 Å². The summed E-state index contributed by atoms with van der Waals surface area (Å²) in [7, 11) is 0. The lowest BCUT2D eigenvalue weighted by atomic mass is 10.00. The summed E-state index contributed by atoms with van der Waals surface area (Å²) < 4.78 is 5.94. The third-order valence-corrected chi connectivity index (χ3v) is 6.99. The van der Waals surface area contributed by atoms with Crippen molar-refractivity contribution in [2.75, 3.05) is 6.61 Å². The zero-order valence-electron chi connectivity index (χ0n) is 23.3. The fourth-order valence-corrected chi connectivity index (χ4v) is 4.76. The Morgan fingerprint density at radius 2 is 1.24 bits per heavy atom. The lowest BCUT2D eigenvalue weighted by molar-refractivity contribution is -0.385. The van der Waals surface area contributed by atoms with Gasteiger partial charge in [-0.05, 0) is 25.5 Å². The smallest absolute Gasteiger partial charge is 0.278 e. The molecule has 2 aromatic rings. The molecule has 2 rings (SSSR count). The van der Waals surface area contributed by atoms with Gasteiger partial charge < -0.3 is 4.74 Å². The van der Waals surface area contributed by atoms with Gasteiger partial charge in [0.05, 0.1) is 28.1 Å². The zero-order chi connectivity index (χ0) is 27.6. The zero-order valence-corrected chi connectivity index (χ0v) is 23.3. The number of nitro benzene ring substituents is 2. The first-order valence-corrected chi connectivity index (χ1v) is 14.5. The van der Waals surface area contributed by atoms with Crippen LogP contribution in [0.25, 0.3) is 11.1 Å². The Bertz CT molecular complexity index is 992. The molecular weight excluding hydrogens is 480 g/mol. The van der Waals surface area contributed by atoms with Crippen LogP contribution in [0.5, 0.6) is 5.75 Å². The molecule has 0 aromatic heterocycles. The molecule has 0 saturated carbocycles. The summed E-state index contributed by atoms with van der Waals surface area (Å²) in [4.78, 5) is 21.9. The third-order valence-electron chi connectivity index (χ3n) is 6.99. The van der Waals surface area contributed by atoms with E-state index in [-0.39, 0.29) is 11.4 Å². The van der Waals surface area contributed by atoms with Gasteiger partial charge in [0.2, 0.25) is 0 Å². The summed E-state index contributed by atoms with van der Waals surface area (Å²) >= 11 is 0. The van der Waals surface area contributed by atoms with Crippen LogP contribution in [0, 0.1) is 33.2 Å². The van der Waals surface area contributed by atoms with Crippen LogP contribution in [0.3, 0.4) is 0 Å². The predicted molar refractivity (Wildman–Crippen MR) is 154 cm³/mol. The molecule has 2 aromatic carbocycles. The molecule has 0 amide bonds. The van der Waals surface area contributed by atoms with Crippen LogP contribution >= 0.6 is 0 Å². The number of rotatable bonds is 21. The molecule has 0 heterocycles. The summed E-state index contributed by atoms with van der Waals surface area (Å²) in [5, 5.41) is 22.9. The van der Waals surface area contributed by atoms with Crippen LogP contribution in [0.2, 0.25) is 0 Å². The minimum atomic E-state index is -0.551. The molecule has 0 saturated heterocycles. The third kappa shape index (κ3) is 11.6. The maximum absolute atomic E-state index is 11.6. The molecule has 209 valence electrons. The van der Waals surface area contributed by atoms with Gasteiger partial charge in [0, 0.05) is 17.7 Å². The van der Waals surface area contributed by atoms with Crippen molar-refractivity contribution in [1.82, 2.24) is 0 Å². The molecule has 7 heteroatoms. The van der Waals surface area contributed by atoms with E-state index in [0.717, 1.165) is 24.8 Å². The summed E-state index contributed by atoms with van der Waals surface area (Å²) in [6.07, 6.45) is 20.6. The molecule has 1 radical (unpaired) electrons. The molecule has 0 N–H and O–H groups in total. The largest absolute Gasteiger partial charge is 0.493 e. The van der Waals surface area contributed by atoms with Crippen LogP contribution < -0.4 is 4.74 Å². The van der Waals surface area contributed by atoms with E-state index in [9.17, 15) is 20.2 Å². The van der Waals surface area contributed by atoms with Crippen molar-refractivity contribution in [3.8, 4) is 16.9 Å². The standard InChI is InChI=1S/C31H45N2O5/c1-3-4-5-6-7-8-9-10-11-12-13-14-15-16-17-18-23-38-31-22-20-27(32(34)35)25-29(31)28-24-26(2)19-21-30(28)33(36)37/h19,21-22,24-25H,3-18,23H2,1-2H3. The molecule has 0 unspecified atom stereocenters. The molecular formula is C31H45N2O5. The van der Waals surface area contributed by atoms with Crippen LogP contribution in [0.1, 0.15) is 115 Å². The second-order valence-corrected chi connectivity index (χ2v) is 10.3. The van der Waals surface area contributed by atoms with Crippen LogP contribution in [-0.2, 0) is 0 Å². The van der Waals surface area contributed by atoms with Crippen molar-refractivity contribution in [3.63, 3.8) is 0 Å². The van der Waals surface area contributed by atoms with Gasteiger partial charge in [0.15, 0.2) is 0 Å². The second-order valence-electron chi connectivity index (χ2n) is 10.3. The second kappa shape index (κ2) is 18.3. The number of nitrogens with zero attached hydrogens (tertiary/aromatic N) is 2. The number of non-ortho nitro benzene ring substituents is 1. The van der Waals surface area contributed by atoms with E-state index in [2.05, 4.69) is 13.0 Å². The quantitative estimate of drug-likeness (QED) is 0.0917. The lowest BCUT2D eigenvalue weighted by Crippen LogP contribution is -2.01. The van der Waals surface area contributed by atoms with Crippen molar-refractivity contribution in [2.24, 2.45) is 0 Å². The van der Waals surface area contributed by atoms with E-state index in [0.29, 0.717) is 23.5 Å². The van der Waals surface area contributed by atoms with Gasteiger partial charge in [0.1, 0.15) is 5.75 Å². The number of hydrogen-bond donors (Lipinski definition) is 0. The number of ether oxygens (including phenoxy) is 1. The number of unbranched alkanes of at least 4 members (excludes halogenated alkanes) is 15.